The lowest BCUT2D eigenvalue weighted by Crippen LogP contribution is -2.24. The summed E-state index contributed by atoms with van der Waals surface area (Å²) in [6.45, 7) is 2.67. The van der Waals surface area contributed by atoms with Crippen LogP contribution in [0.15, 0.2) is 24.3 Å². The molecule has 0 radical (unpaired) electrons. The zero-order valence-corrected chi connectivity index (χ0v) is 10.8. The third-order valence-corrected chi connectivity index (χ3v) is 3.24. The van der Waals surface area contributed by atoms with Crippen LogP contribution >= 0.6 is 0 Å². The lowest BCUT2D eigenvalue weighted by Gasteiger charge is -2.21. The van der Waals surface area contributed by atoms with E-state index >= 15 is 0 Å². The number of para-hydroxylation sites is 1. The van der Waals surface area contributed by atoms with Gasteiger partial charge in [0.15, 0.2) is 0 Å². The van der Waals surface area contributed by atoms with Gasteiger partial charge in [-0.3, -0.25) is 0 Å². The van der Waals surface area contributed by atoms with Crippen molar-refractivity contribution < 1.29 is 17.9 Å². The van der Waals surface area contributed by atoms with Crippen LogP contribution in [0, 0.1) is 5.92 Å². The topological polar surface area (TPSA) is 21.3 Å². The summed E-state index contributed by atoms with van der Waals surface area (Å²) in [7, 11) is 0. The number of rotatable bonds is 6. The molecule has 0 heterocycles. The summed E-state index contributed by atoms with van der Waals surface area (Å²) in [5, 5.41) is 3.25. The van der Waals surface area contributed by atoms with E-state index < -0.39 is 6.36 Å². The third-order valence-electron chi connectivity index (χ3n) is 3.24. The minimum Gasteiger partial charge on any atom is -0.405 e. The molecule has 0 aromatic heterocycles. The van der Waals surface area contributed by atoms with Crippen LogP contribution < -0.4 is 10.1 Å². The molecule has 19 heavy (non-hydrogen) atoms. The third kappa shape index (κ3) is 4.42. The number of halogens is 3. The average Bonchev–Trinajstić information content (AvgIpc) is 3.11. The van der Waals surface area contributed by atoms with Gasteiger partial charge in [-0.1, -0.05) is 38.0 Å². The number of alkyl halides is 3. The van der Waals surface area contributed by atoms with Gasteiger partial charge in [0, 0.05) is 11.6 Å². The molecular formula is C14H18F3NO. The molecule has 0 aliphatic heterocycles. The standard InChI is InChI=1S/C14H18F3NO/c1-2-18-12(9-10-7-8-10)11-5-3-4-6-13(11)19-14(15,16)17/h3-6,10,12,18H,2,7-9H2,1H3. The molecule has 2 rings (SSSR count). The zero-order chi connectivity index (χ0) is 13.9. The fraction of sp³-hybridized carbons (Fsp3) is 0.571. The summed E-state index contributed by atoms with van der Waals surface area (Å²) in [6.07, 6.45) is -1.44. The molecule has 1 aromatic carbocycles. The number of ether oxygens (including phenoxy) is 1. The Balaban J connectivity index is 2.19. The van der Waals surface area contributed by atoms with Crippen molar-refractivity contribution in [2.45, 2.75) is 38.6 Å². The molecule has 1 unspecified atom stereocenters. The lowest BCUT2D eigenvalue weighted by molar-refractivity contribution is -0.275. The predicted molar refractivity (Wildman–Crippen MR) is 66.9 cm³/mol. The van der Waals surface area contributed by atoms with E-state index in [0.29, 0.717) is 11.5 Å². The molecule has 106 valence electrons. The van der Waals surface area contributed by atoms with Crippen molar-refractivity contribution in [1.29, 1.82) is 0 Å². The Morgan fingerprint density at radius 1 is 1.32 bits per heavy atom. The smallest absolute Gasteiger partial charge is 0.405 e. The first-order valence-corrected chi connectivity index (χ1v) is 6.57. The van der Waals surface area contributed by atoms with Crippen molar-refractivity contribution in [3.05, 3.63) is 29.8 Å². The summed E-state index contributed by atoms with van der Waals surface area (Å²) >= 11 is 0. The van der Waals surface area contributed by atoms with Crippen LogP contribution in [-0.2, 0) is 0 Å². The van der Waals surface area contributed by atoms with E-state index in [4.69, 9.17) is 0 Å². The molecule has 2 nitrogen and oxygen atoms in total. The highest BCUT2D eigenvalue weighted by Crippen LogP contribution is 2.40. The fourth-order valence-electron chi connectivity index (χ4n) is 2.24. The maximum atomic E-state index is 12.4. The van der Waals surface area contributed by atoms with Gasteiger partial charge in [0.25, 0.3) is 0 Å². The second-order valence-electron chi connectivity index (χ2n) is 4.87. The van der Waals surface area contributed by atoms with Gasteiger partial charge >= 0.3 is 6.36 Å². The van der Waals surface area contributed by atoms with Gasteiger partial charge in [-0.25, -0.2) is 0 Å². The summed E-state index contributed by atoms with van der Waals surface area (Å²) in [5.41, 5.74) is 0.591. The van der Waals surface area contributed by atoms with Gasteiger partial charge in [-0.2, -0.15) is 0 Å². The highest BCUT2D eigenvalue weighted by Gasteiger charge is 2.34. The minimum absolute atomic E-state index is 0.0731. The SMILES string of the molecule is CCNC(CC1CC1)c1ccccc1OC(F)(F)F. The van der Waals surface area contributed by atoms with Crippen molar-refractivity contribution in [1.82, 2.24) is 5.32 Å². The normalized spacial score (nSPS) is 17.3. The van der Waals surface area contributed by atoms with Gasteiger partial charge in [0.1, 0.15) is 5.75 Å². The van der Waals surface area contributed by atoms with Crippen molar-refractivity contribution in [2.75, 3.05) is 6.54 Å². The Labute approximate surface area is 111 Å². The lowest BCUT2D eigenvalue weighted by atomic mass is 10.00. The molecule has 1 atom stereocenters. The fourth-order valence-corrected chi connectivity index (χ4v) is 2.24. The van der Waals surface area contributed by atoms with Crippen LogP contribution in [0.3, 0.4) is 0 Å². The molecule has 1 saturated carbocycles. The number of benzene rings is 1. The van der Waals surface area contributed by atoms with Crippen LogP contribution in [0.5, 0.6) is 5.75 Å². The Morgan fingerprint density at radius 3 is 2.58 bits per heavy atom. The van der Waals surface area contributed by atoms with Gasteiger partial charge in [0.05, 0.1) is 0 Å². The molecule has 5 heteroatoms. The second-order valence-corrected chi connectivity index (χ2v) is 4.87. The van der Waals surface area contributed by atoms with Gasteiger partial charge < -0.3 is 10.1 Å². The minimum atomic E-state index is -4.65. The molecule has 1 fully saturated rings. The largest absolute Gasteiger partial charge is 0.573 e. The summed E-state index contributed by atoms with van der Waals surface area (Å²) in [6, 6.07) is 6.31. The average molecular weight is 273 g/mol. The van der Waals surface area contributed by atoms with Crippen LogP contribution in [-0.4, -0.2) is 12.9 Å². The Hall–Kier alpha value is -1.23. The van der Waals surface area contributed by atoms with E-state index in [9.17, 15) is 13.2 Å². The molecular weight excluding hydrogens is 255 g/mol. The predicted octanol–water partition coefficient (Wildman–Crippen LogP) is 4.04. The van der Waals surface area contributed by atoms with Crippen molar-refractivity contribution >= 4 is 0 Å². The van der Waals surface area contributed by atoms with Crippen LogP contribution in [0.2, 0.25) is 0 Å². The molecule has 1 aromatic rings. The van der Waals surface area contributed by atoms with Crippen LogP contribution in [0.25, 0.3) is 0 Å². The van der Waals surface area contributed by atoms with Crippen LogP contribution in [0.4, 0.5) is 13.2 Å². The number of hydrogen-bond acceptors (Lipinski definition) is 2. The molecule has 0 amide bonds. The van der Waals surface area contributed by atoms with Gasteiger partial charge in [-0.05, 0) is 24.9 Å². The number of hydrogen-bond donors (Lipinski definition) is 1. The maximum absolute atomic E-state index is 12.4. The number of nitrogens with one attached hydrogen (secondary N) is 1. The van der Waals surface area contributed by atoms with E-state index in [0.717, 1.165) is 13.0 Å². The second kappa shape index (κ2) is 5.82. The van der Waals surface area contributed by atoms with Crippen molar-refractivity contribution in [3.63, 3.8) is 0 Å². The van der Waals surface area contributed by atoms with E-state index in [1.54, 1.807) is 18.2 Å². The zero-order valence-electron chi connectivity index (χ0n) is 10.8. The van der Waals surface area contributed by atoms with Gasteiger partial charge in [-0.15, -0.1) is 13.2 Å². The molecule has 0 spiro atoms. The molecule has 0 bridgehead atoms. The summed E-state index contributed by atoms with van der Waals surface area (Å²) < 4.78 is 41.3. The molecule has 1 aliphatic carbocycles. The highest BCUT2D eigenvalue weighted by molar-refractivity contribution is 5.36. The molecule has 0 saturated heterocycles. The Morgan fingerprint density at radius 2 is 2.00 bits per heavy atom. The summed E-state index contributed by atoms with van der Waals surface area (Å²) in [5.74, 6) is 0.532. The molecule has 1 aliphatic rings. The summed E-state index contributed by atoms with van der Waals surface area (Å²) in [4.78, 5) is 0. The quantitative estimate of drug-likeness (QED) is 0.844. The molecule has 1 N–H and O–H groups in total. The van der Waals surface area contributed by atoms with Crippen molar-refractivity contribution in [2.24, 2.45) is 5.92 Å². The van der Waals surface area contributed by atoms with E-state index in [-0.39, 0.29) is 11.8 Å². The first-order chi connectivity index (χ1) is 8.99. The van der Waals surface area contributed by atoms with Crippen molar-refractivity contribution in [3.8, 4) is 5.75 Å². The monoisotopic (exact) mass is 273 g/mol. The first-order valence-electron chi connectivity index (χ1n) is 6.57. The van der Waals surface area contributed by atoms with Crippen LogP contribution in [0.1, 0.15) is 37.8 Å². The highest BCUT2D eigenvalue weighted by atomic mass is 19.4. The Kier molecular flexibility index (Phi) is 4.34. The van der Waals surface area contributed by atoms with E-state index in [1.807, 2.05) is 6.92 Å². The van der Waals surface area contributed by atoms with Gasteiger partial charge in [0.2, 0.25) is 0 Å². The first kappa shape index (κ1) is 14.2. The maximum Gasteiger partial charge on any atom is 0.573 e. The van der Waals surface area contributed by atoms with E-state index in [1.165, 1.54) is 18.9 Å². The van der Waals surface area contributed by atoms with E-state index in [2.05, 4.69) is 10.1 Å². The Bertz CT molecular complexity index is 415.